The van der Waals surface area contributed by atoms with E-state index in [9.17, 15) is 4.79 Å². The van der Waals surface area contributed by atoms with Crippen molar-refractivity contribution in [1.82, 2.24) is 9.80 Å². The predicted molar refractivity (Wildman–Crippen MR) is 68.7 cm³/mol. The molecule has 2 N–H and O–H groups in total. The summed E-state index contributed by atoms with van der Waals surface area (Å²) in [6.45, 7) is 6.66. The Bertz CT molecular complexity index is 278. The molecular weight excluding hydrogens is 214 g/mol. The SMILES string of the molecule is CCN(C(=O)CN1CCC(N)CC1C)C1CC1. The van der Waals surface area contributed by atoms with Gasteiger partial charge in [0.25, 0.3) is 0 Å². The lowest BCUT2D eigenvalue weighted by Crippen LogP contribution is -2.50. The zero-order chi connectivity index (χ0) is 12.4. The number of likely N-dealkylation sites (N-methyl/N-ethyl adjacent to an activating group) is 1. The van der Waals surface area contributed by atoms with Gasteiger partial charge in [-0.15, -0.1) is 0 Å². The van der Waals surface area contributed by atoms with E-state index in [0.717, 1.165) is 25.9 Å². The maximum Gasteiger partial charge on any atom is 0.236 e. The third-order valence-corrected chi connectivity index (χ3v) is 4.04. The highest BCUT2D eigenvalue weighted by Gasteiger charge is 2.33. The largest absolute Gasteiger partial charge is 0.339 e. The second kappa shape index (κ2) is 5.36. The monoisotopic (exact) mass is 239 g/mol. The molecule has 0 spiro atoms. The fourth-order valence-electron chi connectivity index (χ4n) is 2.78. The molecule has 2 aliphatic rings. The fourth-order valence-corrected chi connectivity index (χ4v) is 2.78. The van der Waals surface area contributed by atoms with E-state index in [0.29, 0.717) is 30.6 Å². The van der Waals surface area contributed by atoms with Crippen molar-refractivity contribution < 1.29 is 4.79 Å². The van der Waals surface area contributed by atoms with Crippen LogP contribution in [0, 0.1) is 0 Å². The Balaban J connectivity index is 1.84. The minimum Gasteiger partial charge on any atom is -0.339 e. The van der Waals surface area contributed by atoms with E-state index in [1.807, 2.05) is 4.90 Å². The molecule has 2 atom stereocenters. The summed E-state index contributed by atoms with van der Waals surface area (Å²) in [5.41, 5.74) is 5.94. The van der Waals surface area contributed by atoms with Crippen molar-refractivity contribution in [2.45, 2.75) is 57.7 Å². The second-order valence-electron chi connectivity index (χ2n) is 5.51. The molecule has 1 heterocycles. The molecule has 1 amide bonds. The minimum absolute atomic E-state index is 0.303. The van der Waals surface area contributed by atoms with Gasteiger partial charge in [0.15, 0.2) is 0 Å². The number of carbonyl (C=O) groups is 1. The molecule has 4 nitrogen and oxygen atoms in total. The Morgan fingerprint density at radius 3 is 2.65 bits per heavy atom. The first-order chi connectivity index (χ1) is 8.11. The van der Waals surface area contributed by atoms with Crippen molar-refractivity contribution in [3.05, 3.63) is 0 Å². The maximum atomic E-state index is 12.2. The summed E-state index contributed by atoms with van der Waals surface area (Å²) in [4.78, 5) is 16.5. The van der Waals surface area contributed by atoms with Crippen LogP contribution in [0.1, 0.15) is 39.5 Å². The Kier molecular flexibility index (Phi) is 4.05. The molecule has 1 aliphatic heterocycles. The van der Waals surface area contributed by atoms with Crippen LogP contribution in [0.3, 0.4) is 0 Å². The average molecular weight is 239 g/mol. The number of carbonyl (C=O) groups excluding carboxylic acids is 1. The third kappa shape index (κ3) is 3.19. The van der Waals surface area contributed by atoms with Gasteiger partial charge in [-0.2, -0.15) is 0 Å². The molecule has 0 aromatic rings. The van der Waals surface area contributed by atoms with Gasteiger partial charge in [-0.3, -0.25) is 9.69 Å². The van der Waals surface area contributed by atoms with Gasteiger partial charge in [0.1, 0.15) is 0 Å². The predicted octanol–water partition coefficient (Wildman–Crippen LogP) is 0.809. The Morgan fingerprint density at radius 2 is 2.12 bits per heavy atom. The van der Waals surface area contributed by atoms with Gasteiger partial charge in [0, 0.05) is 31.2 Å². The highest BCUT2D eigenvalue weighted by molar-refractivity contribution is 5.79. The van der Waals surface area contributed by atoms with E-state index >= 15 is 0 Å². The van der Waals surface area contributed by atoms with Crippen LogP contribution in [-0.2, 0) is 4.79 Å². The van der Waals surface area contributed by atoms with Crippen LogP contribution >= 0.6 is 0 Å². The molecule has 0 radical (unpaired) electrons. The molecule has 1 aliphatic carbocycles. The van der Waals surface area contributed by atoms with Gasteiger partial charge in [-0.1, -0.05) is 0 Å². The van der Waals surface area contributed by atoms with E-state index < -0.39 is 0 Å². The molecular formula is C13H25N3O. The van der Waals surface area contributed by atoms with Crippen molar-refractivity contribution in [2.75, 3.05) is 19.6 Å². The van der Waals surface area contributed by atoms with E-state index in [2.05, 4.69) is 18.7 Å². The number of amides is 1. The van der Waals surface area contributed by atoms with Crippen molar-refractivity contribution >= 4 is 5.91 Å². The molecule has 4 heteroatoms. The van der Waals surface area contributed by atoms with Gasteiger partial charge in [0.2, 0.25) is 5.91 Å². The minimum atomic E-state index is 0.303. The number of piperidine rings is 1. The van der Waals surface area contributed by atoms with Gasteiger partial charge >= 0.3 is 0 Å². The molecule has 0 aromatic carbocycles. The molecule has 2 fully saturated rings. The van der Waals surface area contributed by atoms with Gasteiger partial charge < -0.3 is 10.6 Å². The van der Waals surface area contributed by atoms with E-state index in [4.69, 9.17) is 5.73 Å². The Morgan fingerprint density at radius 1 is 1.41 bits per heavy atom. The smallest absolute Gasteiger partial charge is 0.236 e. The highest BCUT2D eigenvalue weighted by Crippen LogP contribution is 2.27. The molecule has 1 saturated carbocycles. The van der Waals surface area contributed by atoms with E-state index in [-0.39, 0.29) is 0 Å². The number of rotatable bonds is 4. The number of hydrogen-bond acceptors (Lipinski definition) is 3. The van der Waals surface area contributed by atoms with Crippen LogP contribution in [0.15, 0.2) is 0 Å². The van der Waals surface area contributed by atoms with Crippen molar-refractivity contribution in [2.24, 2.45) is 5.73 Å². The molecule has 17 heavy (non-hydrogen) atoms. The number of nitrogens with two attached hydrogens (primary N) is 1. The van der Waals surface area contributed by atoms with Crippen LogP contribution < -0.4 is 5.73 Å². The summed E-state index contributed by atoms with van der Waals surface area (Å²) in [6, 6.07) is 1.30. The van der Waals surface area contributed by atoms with E-state index in [1.165, 1.54) is 12.8 Å². The topological polar surface area (TPSA) is 49.6 Å². The Labute approximate surface area is 104 Å². The van der Waals surface area contributed by atoms with Crippen molar-refractivity contribution in [3.8, 4) is 0 Å². The fraction of sp³-hybridized carbons (Fsp3) is 0.923. The first-order valence-electron chi connectivity index (χ1n) is 6.91. The van der Waals surface area contributed by atoms with Gasteiger partial charge in [0.05, 0.1) is 6.54 Å². The van der Waals surface area contributed by atoms with Crippen LogP contribution in [-0.4, -0.2) is 53.5 Å². The van der Waals surface area contributed by atoms with Crippen molar-refractivity contribution in [3.63, 3.8) is 0 Å². The summed E-state index contributed by atoms with van der Waals surface area (Å²) in [5.74, 6) is 0.303. The molecule has 98 valence electrons. The standard InChI is InChI=1S/C13H25N3O/c1-3-16(12-4-5-12)13(17)9-15-7-6-11(14)8-10(15)2/h10-12H,3-9,14H2,1-2H3. The number of hydrogen-bond donors (Lipinski definition) is 1. The Hall–Kier alpha value is -0.610. The summed E-state index contributed by atoms with van der Waals surface area (Å²) < 4.78 is 0. The van der Waals surface area contributed by atoms with Crippen LogP contribution in [0.25, 0.3) is 0 Å². The number of nitrogens with zero attached hydrogens (tertiary/aromatic N) is 2. The highest BCUT2D eigenvalue weighted by atomic mass is 16.2. The van der Waals surface area contributed by atoms with Gasteiger partial charge in [-0.05, 0) is 39.5 Å². The van der Waals surface area contributed by atoms with Crippen LogP contribution in [0.2, 0.25) is 0 Å². The normalized spacial score (nSPS) is 30.3. The molecule has 2 rings (SSSR count). The summed E-state index contributed by atoms with van der Waals surface area (Å²) >= 11 is 0. The maximum absolute atomic E-state index is 12.2. The van der Waals surface area contributed by atoms with Crippen LogP contribution in [0.4, 0.5) is 0 Å². The lowest BCUT2D eigenvalue weighted by atomic mass is 9.99. The third-order valence-electron chi connectivity index (χ3n) is 4.04. The molecule has 2 unspecified atom stereocenters. The molecule has 0 bridgehead atoms. The quantitative estimate of drug-likeness (QED) is 0.790. The van der Waals surface area contributed by atoms with Gasteiger partial charge in [-0.25, -0.2) is 0 Å². The summed E-state index contributed by atoms with van der Waals surface area (Å²) in [6.07, 6.45) is 4.43. The first kappa shape index (κ1) is 12.8. The summed E-state index contributed by atoms with van der Waals surface area (Å²) in [7, 11) is 0. The average Bonchev–Trinajstić information content (AvgIpc) is 3.08. The summed E-state index contributed by atoms with van der Waals surface area (Å²) in [5, 5.41) is 0. The number of likely N-dealkylation sites (tertiary alicyclic amines) is 1. The lowest BCUT2D eigenvalue weighted by molar-refractivity contribution is -0.133. The van der Waals surface area contributed by atoms with Crippen molar-refractivity contribution in [1.29, 1.82) is 0 Å². The first-order valence-corrected chi connectivity index (χ1v) is 6.91. The lowest BCUT2D eigenvalue weighted by Gasteiger charge is -2.37. The molecule has 0 aromatic heterocycles. The zero-order valence-electron chi connectivity index (χ0n) is 11.1. The molecule has 1 saturated heterocycles. The van der Waals surface area contributed by atoms with Crippen LogP contribution in [0.5, 0.6) is 0 Å². The zero-order valence-corrected chi connectivity index (χ0v) is 11.1. The second-order valence-corrected chi connectivity index (χ2v) is 5.51. The van der Waals surface area contributed by atoms with E-state index in [1.54, 1.807) is 0 Å².